The predicted molar refractivity (Wildman–Crippen MR) is 74.7 cm³/mol. The summed E-state index contributed by atoms with van der Waals surface area (Å²) in [7, 11) is 0. The van der Waals surface area contributed by atoms with E-state index in [1.165, 1.54) is 6.07 Å². The van der Waals surface area contributed by atoms with Crippen LogP contribution in [0.15, 0.2) is 46.9 Å². The molecule has 1 unspecified atom stereocenters. The summed E-state index contributed by atoms with van der Waals surface area (Å²) in [5.41, 5.74) is 3.95. The first-order valence-corrected chi connectivity index (χ1v) is 6.45. The Bertz CT molecular complexity index is 562. The Balaban J connectivity index is 2.45. The molecule has 0 heterocycles. The summed E-state index contributed by atoms with van der Waals surface area (Å²) >= 11 is 9.12. The molecule has 0 aliphatic rings. The minimum Gasteiger partial charge on any atom is -0.271 e. The van der Waals surface area contributed by atoms with Crippen LogP contribution in [0.4, 0.5) is 4.39 Å². The number of nitrogens with one attached hydrogen (secondary N) is 1. The Kier molecular flexibility index (Phi) is 4.35. The van der Waals surface area contributed by atoms with E-state index in [0.29, 0.717) is 10.6 Å². The molecule has 2 aromatic carbocycles. The molecule has 2 nitrogen and oxygen atoms in total. The average Bonchev–Trinajstić information content (AvgIpc) is 2.33. The van der Waals surface area contributed by atoms with Crippen molar-refractivity contribution in [2.24, 2.45) is 5.84 Å². The average molecular weight is 330 g/mol. The zero-order valence-electron chi connectivity index (χ0n) is 9.33. The van der Waals surface area contributed by atoms with Gasteiger partial charge in [0.25, 0.3) is 0 Å². The first-order valence-electron chi connectivity index (χ1n) is 5.28. The molecule has 3 N–H and O–H groups in total. The summed E-state index contributed by atoms with van der Waals surface area (Å²) in [6, 6.07) is 11.7. The van der Waals surface area contributed by atoms with Crippen molar-refractivity contribution in [2.45, 2.75) is 6.04 Å². The van der Waals surface area contributed by atoms with Crippen LogP contribution in [0, 0.1) is 5.82 Å². The highest BCUT2D eigenvalue weighted by Gasteiger charge is 2.16. The molecule has 94 valence electrons. The molecular formula is C13H11BrClFN2. The standard InChI is InChI=1S/C13H11BrClFN2/c14-9-3-1-2-8(6-9)13(18-17)11-5-4-10(15)7-12(11)16/h1-7,13,18H,17H2. The fraction of sp³-hybridized carbons (Fsp3) is 0.0769. The molecule has 0 saturated carbocycles. The molecule has 1 atom stereocenters. The molecule has 2 aromatic rings. The fourth-order valence-corrected chi connectivity index (χ4v) is 2.36. The van der Waals surface area contributed by atoms with Crippen LogP contribution >= 0.6 is 27.5 Å². The third-order valence-corrected chi connectivity index (χ3v) is 3.35. The lowest BCUT2D eigenvalue weighted by molar-refractivity contribution is 0.560. The van der Waals surface area contributed by atoms with Gasteiger partial charge in [-0.1, -0.05) is 45.7 Å². The Morgan fingerprint density at radius 3 is 2.61 bits per heavy atom. The van der Waals surface area contributed by atoms with Gasteiger partial charge >= 0.3 is 0 Å². The minimum atomic E-state index is -0.417. The summed E-state index contributed by atoms with van der Waals surface area (Å²) in [5, 5.41) is 0.362. The van der Waals surface area contributed by atoms with Crippen molar-refractivity contribution in [3.05, 3.63) is 68.9 Å². The number of hydrogen-bond acceptors (Lipinski definition) is 2. The van der Waals surface area contributed by atoms with E-state index >= 15 is 0 Å². The van der Waals surface area contributed by atoms with Crippen LogP contribution in [0.1, 0.15) is 17.2 Å². The zero-order valence-corrected chi connectivity index (χ0v) is 11.7. The summed E-state index contributed by atoms with van der Waals surface area (Å²) in [5.74, 6) is 5.15. The van der Waals surface area contributed by atoms with Crippen LogP contribution in [0.5, 0.6) is 0 Å². The van der Waals surface area contributed by atoms with E-state index in [2.05, 4.69) is 21.4 Å². The largest absolute Gasteiger partial charge is 0.271 e. The fourth-order valence-electron chi connectivity index (χ4n) is 1.79. The maximum atomic E-state index is 13.9. The maximum absolute atomic E-state index is 13.9. The van der Waals surface area contributed by atoms with Gasteiger partial charge in [0.05, 0.1) is 6.04 Å². The summed E-state index contributed by atoms with van der Waals surface area (Å²) in [6.07, 6.45) is 0. The van der Waals surface area contributed by atoms with Crippen molar-refractivity contribution in [2.75, 3.05) is 0 Å². The molecule has 2 rings (SSSR count). The summed E-state index contributed by atoms with van der Waals surface area (Å²) in [4.78, 5) is 0. The number of nitrogens with two attached hydrogens (primary N) is 1. The van der Waals surface area contributed by atoms with E-state index in [9.17, 15) is 4.39 Å². The van der Waals surface area contributed by atoms with Gasteiger partial charge in [-0.2, -0.15) is 0 Å². The van der Waals surface area contributed by atoms with Crippen LogP contribution in [0.2, 0.25) is 5.02 Å². The molecule has 0 aromatic heterocycles. The van der Waals surface area contributed by atoms with Crippen molar-refractivity contribution in [1.29, 1.82) is 0 Å². The van der Waals surface area contributed by atoms with Crippen molar-refractivity contribution in [1.82, 2.24) is 5.43 Å². The third kappa shape index (κ3) is 2.90. The molecule has 0 fully saturated rings. The molecule has 0 aliphatic carbocycles. The Morgan fingerprint density at radius 2 is 2.00 bits per heavy atom. The van der Waals surface area contributed by atoms with E-state index in [4.69, 9.17) is 17.4 Å². The SMILES string of the molecule is NNC(c1cccc(Br)c1)c1ccc(Cl)cc1F. The monoisotopic (exact) mass is 328 g/mol. The highest BCUT2D eigenvalue weighted by molar-refractivity contribution is 9.10. The molecule has 18 heavy (non-hydrogen) atoms. The molecule has 0 saturated heterocycles. The number of hydrazine groups is 1. The Labute approximate surface area is 118 Å². The van der Waals surface area contributed by atoms with Gasteiger partial charge in [0.2, 0.25) is 0 Å². The van der Waals surface area contributed by atoms with E-state index < -0.39 is 6.04 Å². The van der Waals surface area contributed by atoms with E-state index in [1.54, 1.807) is 12.1 Å². The zero-order chi connectivity index (χ0) is 13.1. The van der Waals surface area contributed by atoms with E-state index in [0.717, 1.165) is 10.0 Å². The molecule has 0 aliphatic heterocycles. The molecule has 5 heteroatoms. The normalized spacial score (nSPS) is 12.4. The molecule has 0 radical (unpaired) electrons. The number of hydrogen-bond donors (Lipinski definition) is 2. The highest BCUT2D eigenvalue weighted by atomic mass is 79.9. The van der Waals surface area contributed by atoms with Gasteiger partial charge in [-0.3, -0.25) is 5.84 Å². The van der Waals surface area contributed by atoms with Gasteiger partial charge < -0.3 is 0 Å². The van der Waals surface area contributed by atoms with Gasteiger partial charge in [0, 0.05) is 15.1 Å². The van der Waals surface area contributed by atoms with Crippen LogP contribution in [0.3, 0.4) is 0 Å². The lowest BCUT2D eigenvalue weighted by atomic mass is 9.99. The van der Waals surface area contributed by atoms with Crippen LogP contribution in [-0.2, 0) is 0 Å². The second-order valence-electron chi connectivity index (χ2n) is 3.82. The lowest BCUT2D eigenvalue weighted by Gasteiger charge is -2.18. The molecule has 0 amide bonds. The predicted octanol–water partition coefficient (Wildman–Crippen LogP) is 3.79. The molecular weight excluding hydrogens is 319 g/mol. The van der Waals surface area contributed by atoms with Crippen molar-refractivity contribution < 1.29 is 4.39 Å². The first-order chi connectivity index (χ1) is 8.61. The second-order valence-corrected chi connectivity index (χ2v) is 5.17. The topological polar surface area (TPSA) is 38.0 Å². The van der Waals surface area contributed by atoms with E-state index in [1.807, 2.05) is 24.3 Å². The quantitative estimate of drug-likeness (QED) is 0.664. The van der Waals surface area contributed by atoms with Gasteiger partial charge in [-0.25, -0.2) is 9.82 Å². The summed E-state index contributed by atoms with van der Waals surface area (Å²) in [6.45, 7) is 0. The molecule has 0 spiro atoms. The Hall–Kier alpha value is -0.940. The first kappa shape index (κ1) is 13.5. The minimum absolute atomic E-state index is 0.362. The van der Waals surface area contributed by atoms with Gasteiger partial charge in [-0.15, -0.1) is 0 Å². The van der Waals surface area contributed by atoms with Crippen LogP contribution < -0.4 is 11.3 Å². The van der Waals surface area contributed by atoms with E-state index in [-0.39, 0.29) is 5.82 Å². The van der Waals surface area contributed by atoms with Crippen molar-refractivity contribution >= 4 is 27.5 Å². The lowest BCUT2D eigenvalue weighted by Crippen LogP contribution is -2.29. The highest BCUT2D eigenvalue weighted by Crippen LogP contribution is 2.27. The third-order valence-electron chi connectivity index (χ3n) is 2.62. The smallest absolute Gasteiger partial charge is 0.129 e. The van der Waals surface area contributed by atoms with Crippen LogP contribution in [-0.4, -0.2) is 0 Å². The second kappa shape index (κ2) is 5.80. The number of halogens is 3. The maximum Gasteiger partial charge on any atom is 0.129 e. The van der Waals surface area contributed by atoms with Gasteiger partial charge in [-0.05, 0) is 29.8 Å². The summed E-state index contributed by atoms with van der Waals surface area (Å²) < 4.78 is 14.8. The van der Waals surface area contributed by atoms with Gasteiger partial charge in [0.15, 0.2) is 0 Å². The van der Waals surface area contributed by atoms with Crippen molar-refractivity contribution in [3.63, 3.8) is 0 Å². The van der Waals surface area contributed by atoms with Crippen molar-refractivity contribution in [3.8, 4) is 0 Å². The molecule has 0 bridgehead atoms. The van der Waals surface area contributed by atoms with Gasteiger partial charge in [0.1, 0.15) is 5.82 Å². The van der Waals surface area contributed by atoms with Crippen LogP contribution in [0.25, 0.3) is 0 Å². The number of rotatable bonds is 3. The Morgan fingerprint density at radius 1 is 1.22 bits per heavy atom. The number of benzene rings is 2.